The van der Waals surface area contributed by atoms with E-state index < -0.39 is 6.10 Å². The molecule has 3 rings (SSSR count). The van der Waals surface area contributed by atoms with E-state index in [1.807, 2.05) is 66.7 Å². The van der Waals surface area contributed by atoms with Crippen molar-refractivity contribution in [3.63, 3.8) is 0 Å². The van der Waals surface area contributed by atoms with E-state index in [0.717, 1.165) is 32.4 Å². The monoisotopic (exact) mass is 443 g/mol. The van der Waals surface area contributed by atoms with Crippen molar-refractivity contribution in [3.05, 3.63) is 82.9 Å². The lowest BCUT2D eigenvalue weighted by molar-refractivity contribution is 0.125. The van der Waals surface area contributed by atoms with Gasteiger partial charge in [0.25, 0.3) is 0 Å². The van der Waals surface area contributed by atoms with E-state index in [2.05, 4.69) is 0 Å². The summed E-state index contributed by atoms with van der Waals surface area (Å²) in [5.41, 5.74) is 8.52. The lowest BCUT2D eigenvalue weighted by atomic mass is 10.1. The predicted molar refractivity (Wildman–Crippen MR) is 123 cm³/mol. The molecule has 0 aliphatic carbocycles. The predicted octanol–water partition coefficient (Wildman–Crippen LogP) is 5.33. The smallest absolute Gasteiger partial charge is 0.120 e. The Morgan fingerprint density at radius 3 is 2.47 bits per heavy atom. The third-order valence-corrected chi connectivity index (χ3v) is 5.99. The highest BCUT2D eigenvalue weighted by molar-refractivity contribution is 7.99. The molecular weight excluding hydrogens is 418 g/mol. The molecule has 1 unspecified atom stereocenters. The molecule has 3 aromatic rings. The van der Waals surface area contributed by atoms with Crippen LogP contribution < -0.4 is 10.5 Å². The van der Waals surface area contributed by atoms with Crippen LogP contribution in [0.3, 0.4) is 0 Å². The Kier molecular flexibility index (Phi) is 8.46. The number of nitrogen functional groups attached to an aromatic ring is 1. The Bertz CT molecular complexity index is 949. The van der Waals surface area contributed by atoms with E-state index in [0.29, 0.717) is 30.9 Å². The molecule has 4 N–H and O–H groups in total. The number of hydrogen-bond donors (Lipinski definition) is 3. The number of benzene rings is 3. The molecule has 0 aliphatic heterocycles. The molecule has 1 atom stereocenters. The van der Waals surface area contributed by atoms with E-state index in [4.69, 9.17) is 27.2 Å². The van der Waals surface area contributed by atoms with Gasteiger partial charge in [0.1, 0.15) is 12.4 Å². The van der Waals surface area contributed by atoms with Crippen molar-refractivity contribution in [1.29, 1.82) is 0 Å². The molecule has 30 heavy (non-hydrogen) atoms. The van der Waals surface area contributed by atoms with Gasteiger partial charge in [0.2, 0.25) is 0 Å². The quantitative estimate of drug-likeness (QED) is 0.369. The number of halogens is 1. The maximum Gasteiger partial charge on any atom is 0.120 e. The SMILES string of the molecule is Nc1ccc(COc2cccc(Sc3ccc(CCC(O)CCO)c(Cl)c3)c2)cc1. The van der Waals surface area contributed by atoms with Crippen molar-refractivity contribution < 1.29 is 14.9 Å². The van der Waals surface area contributed by atoms with Crippen LogP contribution in [0.25, 0.3) is 0 Å². The van der Waals surface area contributed by atoms with Gasteiger partial charge in [-0.3, -0.25) is 0 Å². The third-order valence-electron chi connectivity index (χ3n) is 4.66. The van der Waals surface area contributed by atoms with Crippen LogP contribution >= 0.6 is 23.4 Å². The number of aryl methyl sites for hydroxylation is 1. The first-order chi connectivity index (χ1) is 14.5. The van der Waals surface area contributed by atoms with E-state index in [1.165, 1.54) is 0 Å². The number of rotatable bonds is 10. The van der Waals surface area contributed by atoms with Gasteiger partial charge in [-0.15, -0.1) is 0 Å². The fourth-order valence-electron chi connectivity index (χ4n) is 2.95. The molecule has 158 valence electrons. The molecule has 0 heterocycles. The first-order valence-corrected chi connectivity index (χ1v) is 11.1. The lowest BCUT2D eigenvalue weighted by Gasteiger charge is -2.11. The summed E-state index contributed by atoms with van der Waals surface area (Å²) in [4.78, 5) is 2.10. The minimum atomic E-state index is -0.504. The van der Waals surface area contributed by atoms with Gasteiger partial charge in [-0.2, -0.15) is 0 Å². The van der Waals surface area contributed by atoms with Crippen molar-refractivity contribution in [2.75, 3.05) is 12.3 Å². The van der Waals surface area contributed by atoms with Crippen LogP contribution in [-0.4, -0.2) is 22.9 Å². The molecule has 0 aliphatic rings. The van der Waals surface area contributed by atoms with Crippen LogP contribution in [0.15, 0.2) is 76.5 Å². The molecule has 0 radical (unpaired) electrons. The zero-order valence-corrected chi connectivity index (χ0v) is 18.2. The summed E-state index contributed by atoms with van der Waals surface area (Å²) < 4.78 is 5.91. The van der Waals surface area contributed by atoms with E-state index in [1.54, 1.807) is 11.8 Å². The molecule has 0 saturated carbocycles. The summed E-state index contributed by atoms with van der Waals surface area (Å²) in [5, 5.41) is 19.4. The zero-order valence-electron chi connectivity index (χ0n) is 16.6. The van der Waals surface area contributed by atoms with Crippen molar-refractivity contribution in [1.82, 2.24) is 0 Å². The van der Waals surface area contributed by atoms with Gasteiger partial charge in [0, 0.05) is 27.1 Å². The fourth-order valence-corrected chi connectivity index (χ4v) is 4.20. The highest BCUT2D eigenvalue weighted by atomic mass is 35.5. The highest BCUT2D eigenvalue weighted by Gasteiger charge is 2.08. The summed E-state index contributed by atoms with van der Waals surface area (Å²) in [6.45, 7) is 0.476. The van der Waals surface area contributed by atoms with Crippen LogP contribution in [0.5, 0.6) is 5.75 Å². The van der Waals surface area contributed by atoms with Gasteiger partial charge in [0.15, 0.2) is 0 Å². The van der Waals surface area contributed by atoms with Crippen molar-refractivity contribution >= 4 is 29.1 Å². The maximum absolute atomic E-state index is 9.78. The number of aliphatic hydroxyl groups is 2. The van der Waals surface area contributed by atoms with Gasteiger partial charge in [-0.05, 0) is 72.9 Å². The molecule has 0 aromatic heterocycles. The van der Waals surface area contributed by atoms with Crippen LogP contribution in [0.2, 0.25) is 5.02 Å². The lowest BCUT2D eigenvalue weighted by Crippen LogP contribution is -2.09. The highest BCUT2D eigenvalue weighted by Crippen LogP contribution is 2.33. The Morgan fingerprint density at radius 2 is 1.73 bits per heavy atom. The number of ether oxygens (including phenoxy) is 1. The minimum Gasteiger partial charge on any atom is -0.489 e. The Balaban J connectivity index is 1.58. The average molecular weight is 444 g/mol. The topological polar surface area (TPSA) is 75.7 Å². The van der Waals surface area contributed by atoms with E-state index in [-0.39, 0.29) is 6.61 Å². The number of hydrogen-bond acceptors (Lipinski definition) is 5. The molecule has 0 fully saturated rings. The van der Waals surface area contributed by atoms with Crippen LogP contribution in [0.1, 0.15) is 24.0 Å². The summed E-state index contributed by atoms with van der Waals surface area (Å²) in [6, 6.07) is 21.6. The fraction of sp³-hybridized carbons (Fsp3) is 0.250. The van der Waals surface area contributed by atoms with Crippen molar-refractivity contribution in [3.8, 4) is 5.75 Å². The van der Waals surface area contributed by atoms with Crippen molar-refractivity contribution in [2.24, 2.45) is 0 Å². The number of nitrogens with two attached hydrogens (primary N) is 1. The number of anilines is 1. The molecule has 6 heteroatoms. The normalized spacial score (nSPS) is 12.0. The summed E-state index contributed by atoms with van der Waals surface area (Å²) in [7, 11) is 0. The summed E-state index contributed by atoms with van der Waals surface area (Å²) >= 11 is 8.06. The first-order valence-electron chi connectivity index (χ1n) is 9.86. The van der Waals surface area contributed by atoms with Crippen LogP contribution in [0.4, 0.5) is 5.69 Å². The van der Waals surface area contributed by atoms with Crippen LogP contribution in [0, 0.1) is 0 Å². The van der Waals surface area contributed by atoms with Gasteiger partial charge in [-0.1, -0.05) is 47.6 Å². The average Bonchev–Trinajstić information content (AvgIpc) is 2.73. The van der Waals surface area contributed by atoms with Gasteiger partial charge in [0.05, 0.1) is 6.10 Å². The summed E-state index contributed by atoms with van der Waals surface area (Å²) in [6.07, 6.45) is 1.15. The number of aliphatic hydroxyl groups excluding tert-OH is 2. The van der Waals surface area contributed by atoms with E-state index in [9.17, 15) is 5.11 Å². The molecule has 0 spiro atoms. The van der Waals surface area contributed by atoms with Crippen LogP contribution in [-0.2, 0) is 13.0 Å². The zero-order chi connectivity index (χ0) is 21.3. The second-order valence-corrected chi connectivity index (χ2v) is 8.62. The molecule has 0 amide bonds. The minimum absolute atomic E-state index is 0.00671. The third kappa shape index (κ3) is 6.96. The largest absolute Gasteiger partial charge is 0.489 e. The summed E-state index contributed by atoms with van der Waals surface area (Å²) in [5.74, 6) is 0.803. The molecule has 0 bridgehead atoms. The Labute approximate surface area is 186 Å². The maximum atomic E-state index is 9.78. The van der Waals surface area contributed by atoms with Gasteiger partial charge >= 0.3 is 0 Å². The van der Waals surface area contributed by atoms with E-state index >= 15 is 0 Å². The second kappa shape index (κ2) is 11.3. The molecule has 4 nitrogen and oxygen atoms in total. The Hall–Kier alpha value is -2.18. The molecule has 0 saturated heterocycles. The van der Waals surface area contributed by atoms with Crippen molar-refractivity contribution in [2.45, 2.75) is 41.8 Å². The van der Waals surface area contributed by atoms with Gasteiger partial charge in [-0.25, -0.2) is 0 Å². The van der Waals surface area contributed by atoms with Gasteiger partial charge < -0.3 is 20.7 Å². The second-order valence-electron chi connectivity index (χ2n) is 7.07. The standard InChI is InChI=1S/C24H26ClNO3S/c25-24-15-23(11-7-18(24)6-10-20(28)12-13-27)30-22-3-1-2-21(14-22)29-16-17-4-8-19(26)9-5-17/h1-5,7-9,11,14-15,20,27-28H,6,10,12-13,16,26H2. The first kappa shape index (κ1) is 22.5. The molecular formula is C24H26ClNO3S. The Morgan fingerprint density at radius 1 is 0.967 bits per heavy atom. The molecule has 3 aromatic carbocycles.